The summed E-state index contributed by atoms with van der Waals surface area (Å²) >= 11 is 0. The largest absolute Gasteiger partial charge is 0.416 e. The summed E-state index contributed by atoms with van der Waals surface area (Å²) in [4.78, 5) is 4.24. The summed E-state index contributed by atoms with van der Waals surface area (Å²) in [5.74, 6) is 0.506. The normalized spacial score (nSPS) is 11.7. The zero-order valence-corrected chi connectivity index (χ0v) is 13.9. The van der Waals surface area contributed by atoms with E-state index in [1.807, 2.05) is 24.3 Å². The maximum Gasteiger partial charge on any atom is 0.416 e. The molecule has 3 aromatic rings. The zero-order valence-electron chi connectivity index (χ0n) is 13.9. The van der Waals surface area contributed by atoms with Crippen LogP contribution in [-0.2, 0) is 12.6 Å². The highest BCUT2D eigenvalue weighted by atomic mass is 19.4. The molecule has 26 heavy (non-hydrogen) atoms. The molecule has 0 aliphatic heterocycles. The highest BCUT2D eigenvalue weighted by molar-refractivity contribution is 5.55. The van der Waals surface area contributed by atoms with Gasteiger partial charge in [0.05, 0.1) is 11.3 Å². The first-order valence-electron chi connectivity index (χ1n) is 8.27. The number of aryl methyl sites for hydroxylation is 1. The molecule has 0 radical (unpaired) electrons. The van der Waals surface area contributed by atoms with E-state index in [-0.39, 0.29) is 6.61 Å². The van der Waals surface area contributed by atoms with Crippen molar-refractivity contribution in [2.75, 3.05) is 6.61 Å². The molecule has 0 bridgehead atoms. The minimum atomic E-state index is -4.36. The first-order chi connectivity index (χ1) is 12.5. The molecule has 1 aromatic heterocycles. The quantitative estimate of drug-likeness (QED) is 0.667. The molecule has 0 aliphatic rings. The maximum absolute atomic E-state index is 12.6. The van der Waals surface area contributed by atoms with Crippen molar-refractivity contribution in [3.8, 4) is 17.1 Å². The summed E-state index contributed by atoms with van der Waals surface area (Å²) in [5, 5.41) is 13.2. The van der Waals surface area contributed by atoms with Gasteiger partial charge in [0.1, 0.15) is 6.33 Å². The van der Waals surface area contributed by atoms with E-state index in [0.717, 1.165) is 37.0 Å². The molecule has 0 aliphatic carbocycles. The lowest BCUT2D eigenvalue weighted by atomic mass is 10.1. The molecular formula is C19H18F3N3O. The summed E-state index contributed by atoms with van der Waals surface area (Å²) in [7, 11) is 0. The molecule has 0 saturated carbocycles. The lowest BCUT2D eigenvalue weighted by Gasteiger charge is -2.07. The molecule has 0 spiro atoms. The van der Waals surface area contributed by atoms with Crippen LogP contribution in [0, 0.1) is 0 Å². The third-order valence-electron chi connectivity index (χ3n) is 4.04. The van der Waals surface area contributed by atoms with E-state index in [4.69, 9.17) is 5.11 Å². The lowest BCUT2D eigenvalue weighted by Crippen LogP contribution is -2.05. The van der Waals surface area contributed by atoms with E-state index in [9.17, 15) is 13.2 Å². The number of nitrogens with zero attached hydrogens (tertiary/aromatic N) is 3. The molecular weight excluding hydrogens is 343 g/mol. The van der Waals surface area contributed by atoms with Gasteiger partial charge in [0.25, 0.3) is 0 Å². The van der Waals surface area contributed by atoms with E-state index in [1.54, 1.807) is 0 Å². The fraction of sp³-hybridized carbons (Fsp3) is 0.263. The fourth-order valence-corrected chi connectivity index (χ4v) is 2.58. The van der Waals surface area contributed by atoms with E-state index >= 15 is 0 Å². The molecule has 136 valence electrons. The second-order valence-electron chi connectivity index (χ2n) is 5.94. The molecule has 1 heterocycles. The summed E-state index contributed by atoms with van der Waals surface area (Å²) in [6.07, 6.45) is -0.274. The second-order valence-corrected chi connectivity index (χ2v) is 5.94. The predicted molar refractivity (Wildman–Crippen MR) is 91.8 cm³/mol. The number of alkyl halides is 3. The van der Waals surface area contributed by atoms with Gasteiger partial charge in [-0.1, -0.05) is 24.3 Å². The average Bonchev–Trinajstić information content (AvgIpc) is 3.12. The van der Waals surface area contributed by atoms with Gasteiger partial charge in [-0.2, -0.15) is 13.2 Å². The van der Waals surface area contributed by atoms with Crippen LogP contribution in [0.3, 0.4) is 0 Å². The van der Waals surface area contributed by atoms with Crippen molar-refractivity contribution in [3.63, 3.8) is 0 Å². The molecule has 0 atom stereocenters. The lowest BCUT2D eigenvalue weighted by molar-refractivity contribution is -0.137. The van der Waals surface area contributed by atoms with Crippen LogP contribution in [0.25, 0.3) is 17.1 Å². The van der Waals surface area contributed by atoms with Crippen molar-refractivity contribution in [1.82, 2.24) is 14.8 Å². The Hall–Kier alpha value is -2.67. The number of aliphatic hydroxyl groups excluding tert-OH is 1. The number of aliphatic hydroxyl groups is 1. The molecule has 0 saturated heterocycles. The summed E-state index contributed by atoms with van der Waals surface area (Å²) in [5.41, 5.74) is 1.82. The first-order valence-corrected chi connectivity index (χ1v) is 8.27. The standard InChI is InChI=1S/C19H18F3N3O/c20-19(21,22)16-8-10-17(11-9-16)25-13-23-18(24-25)15-6-4-14(5-7-15)3-1-2-12-26/h4-11,13,26H,1-3,12H2. The Balaban J connectivity index is 1.73. The number of hydrogen-bond donors (Lipinski definition) is 1. The minimum absolute atomic E-state index is 0.198. The number of hydrogen-bond acceptors (Lipinski definition) is 3. The number of benzene rings is 2. The van der Waals surface area contributed by atoms with Gasteiger partial charge in [0, 0.05) is 12.2 Å². The number of halogens is 3. The molecule has 4 nitrogen and oxygen atoms in total. The van der Waals surface area contributed by atoms with Gasteiger partial charge < -0.3 is 5.11 Å². The van der Waals surface area contributed by atoms with Gasteiger partial charge in [-0.3, -0.25) is 0 Å². The fourth-order valence-electron chi connectivity index (χ4n) is 2.58. The van der Waals surface area contributed by atoms with Crippen molar-refractivity contribution < 1.29 is 18.3 Å². The number of unbranched alkanes of at least 4 members (excludes halogenated alkanes) is 1. The third-order valence-corrected chi connectivity index (χ3v) is 4.04. The van der Waals surface area contributed by atoms with Gasteiger partial charge in [0.15, 0.2) is 5.82 Å². The van der Waals surface area contributed by atoms with E-state index in [1.165, 1.54) is 28.7 Å². The van der Waals surface area contributed by atoms with Crippen molar-refractivity contribution in [2.24, 2.45) is 0 Å². The van der Waals surface area contributed by atoms with Crippen molar-refractivity contribution in [2.45, 2.75) is 25.4 Å². The van der Waals surface area contributed by atoms with Crippen LogP contribution in [0.1, 0.15) is 24.0 Å². The summed E-state index contributed by atoms with van der Waals surface area (Å²) in [6, 6.07) is 12.6. The molecule has 3 rings (SSSR count). The Labute approximate surface area is 148 Å². The van der Waals surface area contributed by atoms with E-state index in [2.05, 4.69) is 10.1 Å². The zero-order chi connectivity index (χ0) is 18.6. The van der Waals surface area contributed by atoms with Crippen molar-refractivity contribution >= 4 is 0 Å². The molecule has 7 heteroatoms. The minimum Gasteiger partial charge on any atom is -0.396 e. The SMILES string of the molecule is OCCCCc1ccc(-c2ncn(-c3ccc(C(F)(F)F)cc3)n2)cc1. The van der Waals surface area contributed by atoms with Crippen LogP contribution < -0.4 is 0 Å². The number of rotatable bonds is 6. The van der Waals surface area contributed by atoms with Gasteiger partial charge in [0.2, 0.25) is 0 Å². The van der Waals surface area contributed by atoms with Gasteiger partial charge in [-0.05, 0) is 49.1 Å². The topological polar surface area (TPSA) is 50.9 Å². The Morgan fingerprint density at radius 3 is 2.23 bits per heavy atom. The first kappa shape index (κ1) is 18.1. The maximum atomic E-state index is 12.6. The molecule has 1 N–H and O–H groups in total. The third kappa shape index (κ3) is 4.29. The molecule has 0 amide bonds. The van der Waals surface area contributed by atoms with Gasteiger partial charge in [-0.15, -0.1) is 5.10 Å². The Morgan fingerprint density at radius 1 is 0.923 bits per heavy atom. The van der Waals surface area contributed by atoms with Crippen molar-refractivity contribution in [3.05, 3.63) is 66.0 Å². The highest BCUT2D eigenvalue weighted by Crippen LogP contribution is 2.29. The Bertz CT molecular complexity index is 840. The second kappa shape index (κ2) is 7.70. The van der Waals surface area contributed by atoms with Crippen LogP contribution in [-0.4, -0.2) is 26.5 Å². The summed E-state index contributed by atoms with van der Waals surface area (Å²) < 4.78 is 39.3. The van der Waals surface area contributed by atoms with E-state index < -0.39 is 11.7 Å². The molecule has 2 aromatic carbocycles. The Kier molecular flexibility index (Phi) is 5.37. The molecule has 0 unspecified atom stereocenters. The van der Waals surface area contributed by atoms with E-state index in [0.29, 0.717) is 11.5 Å². The van der Waals surface area contributed by atoms with Crippen LogP contribution in [0.5, 0.6) is 0 Å². The summed E-state index contributed by atoms with van der Waals surface area (Å²) in [6.45, 7) is 0.198. The monoisotopic (exact) mass is 361 g/mol. The number of aromatic nitrogens is 3. The highest BCUT2D eigenvalue weighted by Gasteiger charge is 2.30. The van der Waals surface area contributed by atoms with Crippen LogP contribution in [0.4, 0.5) is 13.2 Å². The van der Waals surface area contributed by atoms with Gasteiger partial charge in [-0.25, -0.2) is 9.67 Å². The smallest absolute Gasteiger partial charge is 0.396 e. The van der Waals surface area contributed by atoms with Crippen molar-refractivity contribution in [1.29, 1.82) is 0 Å². The average molecular weight is 361 g/mol. The predicted octanol–water partition coefficient (Wildman–Crippen LogP) is 4.27. The van der Waals surface area contributed by atoms with Crippen LogP contribution >= 0.6 is 0 Å². The van der Waals surface area contributed by atoms with Gasteiger partial charge >= 0.3 is 6.18 Å². The van der Waals surface area contributed by atoms with Crippen LogP contribution in [0.2, 0.25) is 0 Å². The van der Waals surface area contributed by atoms with Crippen LogP contribution in [0.15, 0.2) is 54.9 Å². The molecule has 0 fully saturated rings. The Morgan fingerprint density at radius 2 is 1.62 bits per heavy atom.